The van der Waals surface area contributed by atoms with Crippen molar-refractivity contribution in [1.82, 2.24) is 14.8 Å². The van der Waals surface area contributed by atoms with Crippen LogP contribution in [0.4, 0.5) is 5.69 Å². The molecule has 3 rings (SSSR count). The largest absolute Gasteiger partial charge is 0.303 e. The number of aromatic nitrogens is 3. The van der Waals surface area contributed by atoms with Crippen molar-refractivity contribution in [3.63, 3.8) is 0 Å². The second-order valence-corrected chi connectivity index (χ2v) is 9.25. The quantitative estimate of drug-likeness (QED) is 0.315. The highest BCUT2D eigenvalue weighted by Crippen LogP contribution is 2.37. The number of pyridine rings is 1. The molecular formula is C19H13Br2Cl3N4O2. The Morgan fingerprint density at radius 2 is 1.87 bits per heavy atom. The maximum atomic E-state index is 13.7. The Hall–Kier alpha value is -1.45. The van der Waals surface area contributed by atoms with E-state index in [9.17, 15) is 9.59 Å². The highest BCUT2D eigenvalue weighted by atomic mass is 79.9. The van der Waals surface area contributed by atoms with Gasteiger partial charge >= 0.3 is 0 Å². The first-order valence-corrected chi connectivity index (χ1v) is 11.2. The van der Waals surface area contributed by atoms with Gasteiger partial charge in [-0.05, 0) is 81.6 Å². The van der Waals surface area contributed by atoms with Gasteiger partial charge in [0.25, 0.3) is 11.1 Å². The lowest BCUT2D eigenvalue weighted by atomic mass is 10.1. The minimum atomic E-state index is -0.742. The SMILES string of the molecule is CC(C)N(C(=O)c1cc(Br)nn1-c1ncccc1Cl)c1c(Br)cc(Cl)cc1C(=O)Cl. The van der Waals surface area contributed by atoms with Crippen molar-refractivity contribution in [2.75, 3.05) is 4.90 Å². The molecule has 156 valence electrons. The Kier molecular flexibility index (Phi) is 7.24. The van der Waals surface area contributed by atoms with Crippen molar-refractivity contribution in [2.45, 2.75) is 19.9 Å². The van der Waals surface area contributed by atoms with Gasteiger partial charge in [-0.15, -0.1) is 0 Å². The van der Waals surface area contributed by atoms with Gasteiger partial charge in [-0.25, -0.2) is 9.67 Å². The van der Waals surface area contributed by atoms with Crippen LogP contribution in [0, 0.1) is 0 Å². The number of carbonyl (C=O) groups excluding carboxylic acids is 2. The van der Waals surface area contributed by atoms with E-state index >= 15 is 0 Å². The molecule has 0 aliphatic carbocycles. The van der Waals surface area contributed by atoms with Gasteiger partial charge in [0, 0.05) is 27.8 Å². The summed E-state index contributed by atoms with van der Waals surface area (Å²) in [7, 11) is 0. The second-order valence-electron chi connectivity index (χ2n) is 6.40. The molecule has 0 aliphatic heterocycles. The number of carbonyl (C=O) groups is 2. The molecule has 0 saturated heterocycles. The Morgan fingerprint density at radius 1 is 1.17 bits per heavy atom. The van der Waals surface area contributed by atoms with Gasteiger partial charge in [-0.2, -0.15) is 5.10 Å². The predicted octanol–water partition coefficient (Wildman–Crippen LogP) is 6.53. The Labute approximate surface area is 204 Å². The lowest BCUT2D eigenvalue weighted by Gasteiger charge is -2.29. The van der Waals surface area contributed by atoms with E-state index in [4.69, 9.17) is 34.8 Å². The van der Waals surface area contributed by atoms with E-state index in [1.54, 1.807) is 30.5 Å². The van der Waals surface area contributed by atoms with E-state index in [1.165, 1.54) is 15.6 Å². The smallest absolute Gasteiger partial charge is 0.277 e. The molecule has 0 aliphatic rings. The molecular weight excluding hydrogens is 582 g/mol. The zero-order valence-electron chi connectivity index (χ0n) is 15.5. The number of rotatable bonds is 5. The van der Waals surface area contributed by atoms with Crippen LogP contribution in [0.15, 0.2) is 45.6 Å². The number of halogens is 5. The Bertz CT molecular complexity index is 1150. The topological polar surface area (TPSA) is 68.1 Å². The fourth-order valence-electron chi connectivity index (χ4n) is 2.88. The van der Waals surface area contributed by atoms with Gasteiger partial charge in [0.2, 0.25) is 0 Å². The molecule has 0 saturated carbocycles. The summed E-state index contributed by atoms with van der Waals surface area (Å²) < 4.78 is 2.21. The van der Waals surface area contributed by atoms with Crippen LogP contribution < -0.4 is 4.90 Å². The maximum absolute atomic E-state index is 13.7. The fraction of sp³-hybridized carbons (Fsp3) is 0.158. The maximum Gasteiger partial charge on any atom is 0.277 e. The summed E-state index contributed by atoms with van der Waals surface area (Å²) in [6, 6.07) is 7.54. The molecule has 6 nitrogen and oxygen atoms in total. The minimum absolute atomic E-state index is 0.0964. The van der Waals surface area contributed by atoms with Gasteiger partial charge < -0.3 is 4.90 Å². The molecule has 30 heavy (non-hydrogen) atoms. The molecule has 0 unspecified atom stereocenters. The Balaban J connectivity index is 2.22. The van der Waals surface area contributed by atoms with Crippen LogP contribution in [0.5, 0.6) is 0 Å². The monoisotopic (exact) mass is 592 g/mol. The molecule has 0 fully saturated rings. The van der Waals surface area contributed by atoms with Crippen LogP contribution in [0.25, 0.3) is 5.82 Å². The normalized spacial score (nSPS) is 11.1. The first kappa shape index (κ1) is 23.2. The standard InChI is InChI=1S/C19H13Br2Cl3N4O2/c1-9(2)27(16-11(17(24)29)6-10(22)7-12(16)20)19(30)14-8-15(21)26-28(14)18-13(23)4-3-5-25-18/h3-9H,1-2H3. The fourth-order valence-corrected chi connectivity index (χ4v) is 4.60. The van der Waals surface area contributed by atoms with Crippen molar-refractivity contribution >= 4 is 83.5 Å². The van der Waals surface area contributed by atoms with E-state index in [0.717, 1.165) is 0 Å². The van der Waals surface area contributed by atoms with Gasteiger partial charge in [0.15, 0.2) is 5.82 Å². The molecule has 2 aromatic heterocycles. The molecule has 0 N–H and O–H groups in total. The lowest BCUT2D eigenvalue weighted by molar-refractivity contribution is 0.0972. The Morgan fingerprint density at radius 3 is 2.47 bits per heavy atom. The van der Waals surface area contributed by atoms with Gasteiger partial charge in [-0.3, -0.25) is 9.59 Å². The van der Waals surface area contributed by atoms with Gasteiger partial charge in [-0.1, -0.05) is 23.2 Å². The molecule has 0 spiro atoms. The summed E-state index contributed by atoms with van der Waals surface area (Å²) >= 11 is 24.8. The van der Waals surface area contributed by atoms with E-state index in [2.05, 4.69) is 41.9 Å². The average Bonchev–Trinajstić information content (AvgIpc) is 3.04. The molecule has 0 bridgehead atoms. The third-order valence-corrected chi connectivity index (χ3v) is 5.76. The number of nitrogens with zero attached hydrogens (tertiary/aromatic N) is 4. The molecule has 2 heterocycles. The van der Waals surface area contributed by atoms with E-state index in [-0.39, 0.29) is 17.3 Å². The zero-order chi connectivity index (χ0) is 22.2. The first-order valence-electron chi connectivity index (χ1n) is 8.50. The van der Waals surface area contributed by atoms with E-state index in [0.29, 0.717) is 30.6 Å². The first-order chi connectivity index (χ1) is 14.1. The van der Waals surface area contributed by atoms with Crippen LogP contribution in [0.2, 0.25) is 10.0 Å². The zero-order valence-corrected chi connectivity index (χ0v) is 21.0. The van der Waals surface area contributed by atoms with Crippen molar-refractivity contribution < 1.29 is 9.59 Å². The summed E-state index contributed by atoms with van der Waals surface area (Å²) in [6.45, 7) is 3.62. The highest BCUT2D eigenvalue weighted by Gasteiger charge is 2.31. The number of hydrogen-bond acceptors (Lipinski definition) is 4. The molecule has 1 amide bonds. The van der Waals surface area contributed by atoms with Crippen LogP contribution >= 0.6 is 66.7 Å². The molecule has 0 radical (unpaired) electrons. The summed E-state index contributed by atoms with van der Waals surface area (Å²) in [6.07, 6.45) is 1.55. The van der Waals surface area contributed by atoms with Crippen LogP contribution in [0.3, 0.4) is 0 Å². The van der Waals surface area contributed by atoms with Crippen LogP contribution in [-0.2, 0) is 0 Å². The van der Waals surface area contributed by atoms with Crippen molar-refractivity contribution in [3.8, 4) is 5.82 Å². The number of anilines is 1. The average molecular weight is 596 g/mol. The second kappa shape index (κ2) is 9.36. The van der Waals surface area contributed by atoms with Gasteiger partial charge in [0.1, 0.15) is 10.3 Å². The number of benzene rings is 1. The highest BCUT2D eigenvalue weighted by molar-refractivity contribution is 9.10. The summed E-state index contributed by atoms with van der Waals surface area (Å²) in [5.74, 6) is -0.146. The van der Waals surface area contributed by atoms with Crippen LogP contribution in [0.1, 0.15) is 34.7 Å². The number of hydrogen-bond donors (Lipinski definition) is 0. The predicted molar refractivity (Wildman–Crippen MR) is 125 cm³/mol. The lowest BCUT2D eigenvalue weighted by Crippen LogP contribution is -2.39. The van der Waals surface area contributed by atoms with Crippen molar-refractivity contribution in [2.24, 2.45) is 0 Å². The van der Waals surface area contributed by atoms with Crippen molar-refractivity contribution in [3.05, 3.63) is 66.9 Å². The minimum Gasteiger partial charge on any atom is -0.303 e. The summed E-state index contributed by atoms with van der Waals surface area (Å²) in [5, 5.41) is 4.19. The number of amides is 1. The third-order valence-electron chi connectivity index (χ3n) is 4.05. The molecule has 0 atom stereocenters. The van der Waals surface area contributed by atoms with E-state index < -0.39 is 11.1 Å². The molecule has 3 aromatic rings. The molecule has 1 aromatic carbocycles. The van der Waals surface area contributed by atoms with Crippen LogP contribution in [-0.4, -0.2) is 32.0 Å². The summed E-state index contributed by atoms with van der Waals surface area (Å²) in [4.78, 5) is 31.4. The van der Waals surface area contributed by atoms with Crippen molar-refractivity contribution in [1.29, 1.82) is 0 Å². The van der Waals surface area contributed by atoms with E-state index in [1.807, 2.05) is 13.8 Å². The van der Waals surface area contributed by atoms with Gasteiger partial charge in [0.05, 0.1) is 16.3 Å². The molecule has 11 heteroatoms. The summed E-state index contributed by atoms with van der Waals surface area (Å²) in [5.41, 5.74) is 0.584. The third kappa shape index (κ3) is 4.57.